The van der Waals surface area contributed by atoms with Gasteiger partial charge < -0.3 is 19.1 Å². The van der Waals surface area contributed by atoms with E-state index in [0.717, 1.165) is 21.9 Å². The topological polar surface area (TPSA) is 79.6 Å². The zero-order chi connectivity index (χ0) is 21.4. The molecule has 3 aromatic carbocycles. The van der Waals surface area contributed by atoms with E-state index in [2.05, 4.69) is 31.2 Å². The lowest BCUT2D eigenvalue weighted by Gasteiger charge is -2.15. The van der Waals surface area contributed by atoms with E-state index in [1.165, 1.54) is 0 Å². The largest absolute Gasteiger partial charge is 0.550 e. The highest BCUT2D eigenvalue weighted by Crippen LogP contribution is 2.31. The van der Waals surface area contributed by atoms with E-state index < -0.39 is 18.0 Å². The number of rotatable bonds is 5. The molecule has 0 unspecified atom stereocenters. The van der Waals surface area contributed by atoms with Gasteiger partial charge >= 0.3 is 5.63 Å². The Kier molecular flexibility index (Phi) is 5.04. The summed E-state index contributed by atoms with van der Waals surface area (Å²) < 4.78 is 11.6. The molecular formula is C25H21O5-. The van der Waals surface area contributed by atoms with Crippen LogP contribution in [0.5, 0.6) is 5.75 Å². The first kappa shape index (κ1) is 19.7. The average molecular weight is 401 g/mol. The maximum Gasteiger partial charge on any atom is 0.340 e. The highest BCUT2D eigenvalue weighted by molar-refractivity contribution is 5.87. The molecule has 0 atom stereocenters. The molecular weight excluding hydrogens is 380 g/mol. The Balaban J connectivity index is 1.73. The van der Waals surface area contributed by atoms with Crippen molar-refractivity contribution in [3.05, 3.63) is 86.8 Å². The quantitative estimate of drug-likeness (QED) is 0.476. The minimum absolute atomic E-state index is 0.113. The van der Waals surface area contributed by atoms with Gasteiger partial charge in [-0.2, -0.15) is 0 Å². The van der Waals surface area contributed by atoms with Crippen molar-refractivity contribution in [1.82, 2.24) is 0 Å². The summed E-state index contributed by atoms with van der Waals surface area (Å²) in [6.45, 7) is 5.98. The third-order valence-corrected chi connectivity index (χ3v) is 5.62. The van der Waals surface area contributed by atoms with E-state index in [1.54, 1.807) is 13.0 Å². The van der Waals surface area contributed by atoms with Gasteiger partial charge in [0.2, 0.25) is 0 Å². The van der Waals surface area contributed by atoms with Crippen LogP contribution in [0.2, 0.25) is 0 Å². The lowest BCUT2D eigenvalue weighted by molar-refractivity contribution is -0.304. The van der Waals surface area contributed by atoms with Crippen molar-refractivity contribution in [2.75, 3.05) is 0 Å². The van der Waals surface area contributed by atoms with Gasteiger partial charge in [-0.3, -0.25) is 0 Å². The number of carboxylic acid groups (broad SMARTS) is 1. The zero-order valence-electron chi connectivity index (χ0n) is 17.1. The molecule has 1 aromatic heterocycles. The summed E-state index contributed by atoms with van der Waals surface area (Å²) in [5, 5.41) is 13.9. The van der Waals surface area contributed by atoms with Crippen molar-refractivity contribution in [2.45, 2.75) is 33.8 Å². The normalized spacial score (nSPS) is 11.2. The Labute approximate surface area is 173 Å². The smallest absolute Gasteiger partial charge is 0.340 e. The van der Waals surface area contributed by atoms with Crippen LogP contribution < -0.4 is 15.5 Å². The van der Waals surface area contributed by atoms with E-state index in [1.807, 2.05) is 25.1 Å². The van der Waals surface area contributed by atoms with E-state index in [4.69, 9.17) is 9.15 Å². The maximum atomic E-state index is 12.3. The van der Waals surface area contributed by atoms with Gasteiger partial charge in [0.25, 0.3) is 0 Å². The average Bonchev–Trinajstić information content (AvgIpc) is 2.72. The summed E-state index contributed by atoms with van der Waals surface area (Å²) in [6, 6.07) is 16.0. The summed E-state index contributed by atoms with van der Waals surface area (Å²) in [7, 11) is 0. The molecule has 4 aromatic rings. The third kappa shape index (κ3) is 3.43. The molecule has 0 aliphatic carbocycles. The molecule has 5 heteroatoms. The van der Waals surface area contributed by atoms with Gasteiger partial charge in [0.1, 0.15) is 17.9 Å². The Morgan fingerprint density at radius 1 is 0.933 bits per heavy atom. The number of benzene rings is 3. The first-order chi connectivity index (χ1) is 14.4. The summed E-state index contributed by atoms with van der Waals surface area (Å²) >= 11 is 0. The molecule has 0 aliphatic rings. The van der Waals surface area contributed by atoms with Crippen LogP contribution in [0, 0.1) is 20.8 Å². The lowest BCUT2D eigenvalue weighted by atomic mass is 10.00. The minimum Gasteiger partial charge on any atom is -0.550 e. The molecule has 0 spiro atoms. The summed E-state index contributed by atoms with van der Waals surface area (Å²) in [4.78, 5) is 23.3. The van der Waals surface area contributed by atoms with Crippen LogP contribution in [-0.4, -0.2) is 5.97 Å². The van der Waals surface area contributed by atoms with Crippen LogP contribution in [0.1, 0.15) is 27.8 Å². The Morgan fingerprint density at radius 3 is 2.47 bits per heavy atom. The maximum absolute atomic E-state index is 12.3. The second kappa shape index (κ2) is 7.67. The van der Waals surface area contributed by atoms with Crippen LogP contribution in [0.4, 0.5) is 0 Å². The molecule has 4 rings (SSSR count). The number of hydrogen-bond donors (Lipinski definition) is 0. The second-order valence-electron chi connectivity index (χ2n) is 7.48. The third-order valence-electron chi connectivity index (χ3n) is 5.62. The van der Waals surface area contributed by atoms with E-state index in [0.29, 0.717) is 34.5 Å². The molecule has 30 heavy (non-hydrogen) atoms. The van der Waals surface area contributed by atoms with E-state index in [9.17, 15) is 14.7 Å². The number of carbonyl (C=O) groups is 1. The SMILES string of the molecule is Cc1ccc2ccccc2c1COc1ccc2c(C)c(CC(=O)[O-])c(=O)oc2c1C. The Bertz CT molecular complexity index is 1350. The van der Waals surface area contributed by atoms with Gasteiger partial charge in [-0.05, 0) is 54.8 Å². The minimum atomic E-state index is -1.31. The Morgan fingerprint density at radius 2 is 1.70 bits per heavy atom. The monoisotopic (exact) mass is 401 g/mol. The molecule has 0 fully saturated rings. The first-order valence-corrected chi connectivity index (χ1v) is 9.72. The molecule has 0 amide bonds. The molecule has 0 saturated carbocycles. The highest BCUT2D eigenvalue weighted by atomic mass is 16.5. The van der Waals surface area contributed by atoms with E-state index >= 15 is 0 Å². The Hall–Kier alpha value is -3.60. The summed E-state index contributed by atoms with van der Waals surface area (Å²) in [5.41, 5.74) is 3.40. The van der Waals surface area contributed by atoms with Gasteiger partial charge in [-0.1, -0.05) is 36.4 Å². The van der Waals surface area contributed by atoms with Crippen LogP contribution in [0.25, 0.3) is 21.7 Å². The fourth-order valence-electron chi connectivity index (χ4n) is 3.86. The highest BCUT2D eigenvalue weighted by Gasteiger charge is 2.16. The van der Waals surface area contributed by atoms with Gasteiger partial charge in [0.05, 0.1) is 0 Å². The molecule has 1 heterocycles. The van der Waals surface area contributed by atoms with Crippen LogP contribution in [-0.2, 0) is 17.8 Å². The van der Waals surface area contributed by atoms with Crippen molar-refractivity contribution in [3.8, 4) is 5.75 Å². The first-order valence-electron chi connectivity index (χ1n) is 9.72. The van der Waals surface area contributed by atoms with E-state index in [-0.39, 0.29) is 5.56 Å². The van der Waals surface area contributed by atoms with Gasteiger partial charge in [0, 0.05) is 34.5 Å². The van der Waals surface area contributed by atoms with Gasteiger partial charge in [-0.15, -0.1) is 0 Å². The number of fused-ring (bicyclic) bond motifs is 2. The fourth-order valence-corrected chi connectivity index (χ4v) is 3.86. The number of hydrogen-bond acceptors (Lipinski definition) is 5. The number of aliphatic carboxylic acids is 1. The summed E-state index contributed by atoms with van der Waals surface area (Å²) in [5.74, 6) is -0.697. The standard InChI is InChI=1S/C25H22O5/c1-14-8-9-17-6-4-5-7-19(17)21(14)13-29-22-11-10-18-15(2)20(12-23(26)27)25(28)30-24(18)16(22)3/h4-11H,12-13H2,1-3H3,(H,26,27)/p-1. The molecule has 0 aliphatic heterocycles. The predicted octanol–water partition coefficient (Wildman–Crippen LogP) is 3.74. The van der Waals surface area contributed by atoms with Crippen LogP contribution in [0.15, 0.2) is 57.7 Å². The summed E-state index contributed by atoms with van der Waals surface area (Å²) in [6.07, 6.45) is -0.470. The predicted molar refractivity (Wildman–Crippen MR) is 114 cm³/mol. The van der Waals surface area contributed by atoms with Crippen molar-refractivity contribution >= 4 is 27.7 Å². The zero-order valence-corrected chi connectivity index (χ0v) is 17.1. The molecule has 152 valence electrons. The van der Waals surface area contributed by atoms with Crippen LogP contribution >= 0.6 is 0 Å². The fraction of sp³-hybridized carbons (Fsp3) is 0.200. The number of aryl methyl sites for hydroxylation is 3. The number of carbonyl (C=O) groups excluding carboxylic acids is 1. The van der Waals surface area contributed by atoms with Gasteiger partial charge in [-0.25, -0.2) is 4.79 Å². The molecule has 0 bridgehead atoms. The number of carboxylic acids is 1. The molecule has 0 N–H and O–H groups in total. The molecule has 5 nitrogen and oxygen atoms in total. The van der Waals surface area contributed by atoms with Crippen LogP contribution in [0.3, 0.4) is 0 Å². The number of ether oxygens (including phenoxy) is 1. The van der Waals surface area contributed by atoms with Crippen molar-refractivity contribution < 1.29 is 19.1 Å². The lowest BCUT2D eigenvalue weighted by Crippen LogP contribution is -2.27. The van der Waals surface area contributed by atoms with Crippen molar-refractivity contribution in [3.63, 3.8) is 0 Å². The second-order valence-corrected chi connectivity index (χ2v) is 7.48. The van der Waals surface area contributed by atoms with Gasteiger partial charge in [0.15, 0.2) is 0 Å². The molecule has 0 radical (unpaired) electrons. The van der Waals surface area contributed by atoms with Crippen molar-refractivity contribution in [1.29, 1.82) is 0 Å². The van der Waals surface area contributed by atoms with Crippen molar-refractivity contribution in [2.24, 2.45) is 0 Å². The molecule has 0 saturated heterocycles.